The molecular formula is C8H17F2N. The number of halogens is 2. The van der Waals surface area contributed by atoms with E-state index in [4.69, 9.17) is 0 Å². The summed E-state index contributed by atoms with van der Waals surface area (Å²) in [5, 5.41) is 2.88. The molecule has 0 aromatic rings. The van der Waals surface area contributed by atoms with E-state index in [9.17, 15) is 8.78 Å². The van der Waals surface area contributed by atoms with Crippen molar-refractivity contribution in [1.82, 2.24) is 5.32 Å². The molecule has 0 radical (unpaired) electrons. The van der Waals surface area contributed by atoms with Crippen LogP contribution in [0.3, 0.4) is 0 Å². The summed E-state index contributed by atoms with van der Waals surface area (Å²) in [5.41, 5.74) is 0. The molecule has 1 unspecified atom stereocenters. The van der Waals surface area contributed by atoms with Crippen molar-refractivity contribution >= 4 is 0 Å². The van der Waals surface area contributed by atoms with Crippen molar-refractivity contribution in [3.05, 3.63) is 0 Å². The minimum Gasteiger partial charge on any atom is -0.306 e. The summed E-state index contributed by atoms with van der Waals surface area (Å²) in [4.78, 5) is 0. The Morgan fingerprint density at radius 1 is 1.55 bits per heavy atom. The maximum absolute atomic E-state index is 12.9. The zero-order valence-electron chi connectivity index (χ0n) is 7.03. The maximum atomic E-state index is 12.9. The lowest BCUT2D eigenvalue weighted by Crippen LogP contribution is -2.43. The average molecular weight is 165 g/mol. The molecule has 1 atom stereocenters. The molecule has 0 aromatic carbocycles. The minimum atomic E-state index is -2.47. The highest BCUT2D eigenvalue weighted by atomic mass is 19.3. The summed E-state index contributed by atoms with van der Waals surface area (Å²) in [6.45, 7) is 3.79. The fraction of sp³-hybridized carbons (Fsp3) is 1.00. The van der Waals surface area contributed by atoms with Gasteiger partial charge in [-0.1, -0.05) is 13.8 Å². The predicted octanol–water partition coefficient (Wildman–Crippen LogP) is 2.42. The van der Waals surface area contributed by atoms with Crippen molar-refractivity contribution in [3.63, 3.8) is 0 Å². The summed E-state index contributed by atoms with van der Waals surface area (Å²) in [5.74, 6) is -2.47. The largest absolute Gasteiger partial charge is 0.306 e. The fourth-order valence-corrected chi connectivity index (χ4v) is 1.53. The molecule has 1 aliphatic carbocycles. The highest BCUT2D eigenvalue weighted by molar-refractivity contribution is 4.90. The summed E-state index contributed by atoms with van der Waals surface area (Å²) >= 11 is 0. The van der Waals surface area contributed by atoms with Crippen LogP contribution in [0.25, 0.3) is 0 Å². The van der Waals surface area contributed by atoms with Crippen LogP contribution in [-0.4, -0.2) is 18.0 Å². The Morgan fingerprint density at radius 2 is 2.18 bits per heavy atom. The van der Waals surface area contributed by atoms with Crippen molar-refractivity contribution in [1.29, 1.82) is 0 Å². The molecule has 0 spiro atoms. The smallest absolute Gasteiger partial charge is 0.263 e. The van der Waals surface area contributed by atoms with E-state index in [1.54, 1.807) is 0 Å². The highest BCUT2D eigenvalue weighted by Gasteiger charge is 2.43. The average Bonchev–Trinajstić information content (AvgIpc) is 2.10. The Balaban J connectivity index is 0.00000121. The van der Waals surface area contributed by atoms with Gasteiger partial charge >= 0.3 is 0 Å². The van der Waals surface area contributed by atoms with Crippen molar-refractivity contribution in [2.75, 3.05) is 0 Å². The zero-order valence-corrected chi connectivity index (χ0v) is 7.03. The van der Waals surface area contributed by atoms with Crippen LogP contribution < -0.4 is 5.32 Å². The minimum absolute atomic E-state index is 0. The van der Waals surface area contributed by atoms with E-state index < -0.39 is 12.0 Å². The molecule has 0 aromatic heterocycles. The topological polar surface area (TPSA) is 12.0 Å². The van der Waals surface area contributed by atoms with Gasteiger partial charge in [0.05, 0.1) is 6.04 Å². The molecule has 0 aliphatic heterocycles. The van der Waals surface area contributed by atoms with Crippen molar-refractivity contribution in [2.45, 2.75) is 51.1 Å². The van der Waals surface area contributed by atoms with E-state index in [1.807, 2.05) is 13.8 Å². The van der Waals surface area contributed by atoms with Gasteiger partial charge in [0, 0.05) is 13.9 Å². The second kappa shape index (κ2) is 3.05. The number of nitrogens with one attached hydrogen (secondary N) is 1. The van der Waals surface area contributed by atoms with Crippen LogP contribution in [0.15, 0.2) is 0 Å². The third-order valence-electron chi connectivity index (χ3n) is 2.05. The molecule has 1 saturated carbocycles. The first kappa shape index (κ1) is 8.91. The first-order valence-electron chi connectivity index (χ1n) is 4.16. The predicted molar refractivity (Wildman–Crippen MR) is 43.0 cm³/mol. The normalized spacial score (nSPS) is 29.7. The molecule has 1 rings (SSSR count). The zero-order chi connectivity index (χ0) is 8.48. The molecule has 68 valence electrons. The van der Waals surface area contributed by atoms with E-state index in [2.05, 4.69) is 5.32 Å². The Labute approximate surface area is 67.7 Å². The van der Waals surface area contributed by atoms with Gasteiger partial charge in [0.1, 0.15) is 0 Å². The quantitative estimate of drug-likeness (QED) is 0.662. The molecule has 0 heterocycles. The number of alkyl halides is 2. The van der Waals surface area contributed by atoms with Gasteiger partial charge in [-0.05, 0) is 12.8 Å². The molecule has 11 heavy (non-hydrogen) atoms. The molecule has 0 saturated heterocycles. The van der Waals surface area contributed by atoms with E-state index >= 15 is 0 Å². The molecule has 1 nitrogen and oxygen atoms in total. The van der Waals surface area contributed by atoms with Gasteiger partial charge in [-0.15, -0.1) is 0 Å². The fourth-order valence-electron chi connectivity index (χ4n) is 1.53. The van der Waals surface area contributed by atoms with Crippen LogP contribution in [0.5, 0.6) is 0 Å². The van der Waals surface area contributed by atoms with Crippen LogP contribution >= 0.6 is 0 Å². The molecule has 0 amide bonds. The van der Waals surface area contributed by atoms with Crippen LogP contribution in [0.2, 0.25) is 0 Å². The van der Waals surface area contributed by atoms with E-state index in [-0.39, 0.29) is 13.9 Å². The van der Waals surface area contributed by atoms with Crippen molar-refractivity contribution < 1.29 is 10.2 Å². The molecule has 1 N–H and O–H groups in total. The molecule has 0 bridgehead atoms. The molecule has 1 fully saturated rings. The first-order valence-corrected chi connectivity index (χ1v) is 4.16. The standard InChI is InChI=1S/C8H15F2N.H2/c1-6(2)11-7-4-3-5-8(7,9)10;/h6-7,11H,3-5H2,1-2H3;1H. The van der Waals surface area contributed by atoms with Gasteiger partial charge in [-0.25, -0.2) is 8.78 Å². The molecule has 3 heteroatoms. The van der Waals surface area contributed by atoms with Gasteiger partial charge in [-0.3, -0.25) is 0 Å². The Bertz CT molecular complexity index is 139. The summed E-state index contributed by atoms with van der Waals surface area (Å²) in [6.07, 6.45) is 1.32. The third-order valence-corrected chi connectivity index (χ3v) is 2.05. The van der Waals surface area contributed by atoms with E-state index in [0.717, 1.165) is 0 Å². The lowest BCUT2D eigenvalue weighted by Gasteiger charge is -2.22. The van der Waals surface area contributed by atoms with Gasteiger partial charge in [0.25, 0.3) is 5.92 Å². The highest BCUT2D eigenvalue weighted by Crippen LogP contribution is 2.35. The van der Waals surface area contributed by atoms with Gasteiger partial charge in [-0.2, -0.15) is 0 Å². The second-order valence-corrected chi connectivity index (χ2v) is 3.53. The van der Waals surface area contributed by atoms with Gasteiger partial charge in [0.2, 0.25) is 0 Å². The Hall–Kier alpha value is -0.180. The number of hydrogen-bond donors (Lipinski definition) is 1. The number of hydrogen-bond acceptors (Lipinski definition) is 1. The van der Waals surface area contributed by atoms with Crippen LogP contribution in [0.1, 0.15) is 34.5 Å². The maximum Gasteiger partial charge on any atom is 0.263 e. The second-order valence-electron chi connectivity index (χ2n) is 3.53. The van der Waals surface area contributed by atoms with Crippen LogP contribution in [0.4, 0.5) is 8.78 Å². The lowest BCUT2D eigenvalue weighted by molar-refractivity contribution is -0.0200. The number of rotatable bonds is 2. The SMILES string of the molecule is CC(C)NC1CCCC1(F)F.[HH]. The lowest BCUT2D eigenvalue weighted by atomic mass is 10.2. The molecule has 1 aliphatic rings. The van der Waals surface area contributed by atoms with Crippen molar-refractivity contribution in [3.8, 4) is 0 Å². The van der Waals surface area contributed by atoms with Crippen LogP contribution in [0, 0.1) is 0 Å². The van der Waals surface area contributed by atoms with Gasteiger partial charge < -0.3 is 5.32 Å². The van der Waals surface area contributed by atoms with E-state index in [0.29, 0.717) is 12.8 Å². The molecular weight excluding hydrogens is 148 g/mol. The third kappa shape index (κ3) is 2.12. The van der Waals surface area contributed by atoms with Crippen LogP contribution in [-0.2, 0) is 0 Å². The monoisotopic (exact) mass is 165 g/mol. The van der Waals surface area contributed by atoms with Gasteiger partial charge in [0.15, 0.2) is 0 Å². The first-order chi connectivity index (χ1) is 5.02. The Morgan fingerprint density at radius 3 is 2.55 bits per heavy atom. The Kier molecular flexibility index (Phi) is 2.47. The summed E-state index contributed by atoms with van der Waals surface area (Å²) in [7, 11) is 0. The van der Waals surface area contributed by atoms with Crippen molar-refractivity contribution in [2.24, 2.45) is 0 Å². The summed E-state index contributed by atoms with van der Waals surface area (Å²) in [6, 6.07) is -0.425. The van der Waals surface area contributed by atoms with E-state index in [1.165, 1.54) is 0 Å². The summed E-state index contributed by atoms with van der Waals surface area (Å²) < 4.78 is 25.8.